The van der Waals surface area contributed by atoms with Gasteiger partial charge in [-0.25, -0.2) is 0 Å². The molecule has 0 aromatic heterocycles. The first-order valence-corrected chi connectivity index (χ1v) is 12.8. The Bertz CT molecular complexity index is 1350. The van der Waals surface area contributed by atoms with Crippen LogP contribution in [0.5, 0.6) is 5.75 Å². The first kappa shape index (κ1) is 26.3. The Morgan fingerprint density at radius 1 is 1.00 bits per heavy atom. The highest BCUT2D eigenvalue weighted by Gasteiger charge is 2.47. The Hall–Kier alpha value is -3.77. The number of nitrogens with zero attached hydrogens (tertiary/aromatic N) is 2. The molecule has 1 amide bonds. The Morgan fingerprint density at radius 3 is 2.30 bits per heavy atom. The van der Waals surface area contributed by atoms with Crippen LogP contribution in [0.25, 0.3) is 5.76 Å². The van der Waals surface area contributed by atoms with E-state index in [2.05, 4.69) is 18.7 Å². The largest absolute Gasteiger partial charge is 0.507 e. The Morgan fingerprint density at radius 2 is 1.68 bits per heavy atom. The number of ether oxygens (including phenoxy) is 1. The number of Topliss-reactive ketones (excluding diaryl/α,β-unsaturated/α-hetero) is 1. The number of ketones is 1. The number of amides is 1. The molecular weight excluding hydrogens is 488 g/mol. The van der Waals surface area contributed by atoms with Gasteiger partial charge in [-0.2, -0.15) is 0 Å². The van der Waals surface area contributed by atoms with Crippen LogP contribution in [0.1, 0.15) is 43.5 Å². The van der Waals surface area contributed by atoms with Crippen molar-refractivity contribution >= 4 is 40.4 Å². The summed E-state index contributed by atoms with van der Waals surface area (Å²) in [7, 11) is 0. The molecule has 1 atom stereocenters. The normalized spacial score (nSPS) is 16.8. The number of aliphatic hydroxyl groups excluding tert-OH is 1. The van der Waals surface area contributed by atoms with Gasteiger partial charge in [0.25, 0.3) is 11.7 Å². The number of aliphatic hydroxyl groups is 1. The van der Waals surface area contributed by atoms with Gasteiger partial charge in [-0.3, -0.25) is 14.5 Å². The van der Waals surface area contributed by atoms with E-state index >= 15 is 0 Å². The molecule has 0 aliphatic carbocycles. The topological polar surface area (TPSA) is 70.1 Å². The fourth-order valence-electron chi connectivity index (χ4n) is 4.79. The molecule has 192 valence electrons. The van der Waals surface area contributed by atoms with Gasteiger partial charge in [0.05, 0.1) is 23.2 Å². The molecule has 4 rings (SSSR count). The van der Waals surface area contributed by atoms with Crippen LogP contribution in [-0.2, 0) is 9.59 Å². The molecule has 1 heterocycles. The van der Waals surface area contributed by atoms with E-state index in [-0.39, 0.29) is 21.9 Å². The molecule has 1 aliphatic rings. The summed E-state index contributed by atoms with van der Waals surface area (Å²) in [4.78, 5) is 30.7. The quantitative estimate of drug-likeness (QED) is 0.209. The third-order valence-electron chi connectivity index (χ3n) is 6.69. The zero-order valence-electron chi connectivity index (χ0n) is 21.5. The summed E-state index contributed by atoms with van der Waals surface area (Å²) >= 11 is 6.44. The van der Waals surface area contributed by atoms with Gasteiger partial charge >= 0.3 is 0 Å². The molecule has 3 aromatic carbocycles. The molecular formula is C30H31ClN2O4. The van der Waals surface area contributed by atoms with Crippen LogP contribution in [-0.4, -0.2) is 36.5 Å². The van der Waals surface area contributed by atoms with Crippen LogP contribution in [0, 0.1) is 6.92 Å². The van der Waals surface area contributed by atoms with Crippen LogP contribution in [0.15, 0.2) is 72.3 Å². The van der Waals surface area contributed by atoms with E-state index in [1.807, 2.05) is 62.4 Å². The zero-order chi connectivity index (χ0) is 26.7. The molecule has 1 fully saturated rings. The summed E-state index contributed by atoms with van der Waals surface area (Å²) in [5.41, 5.74) is 3.45. The molecule has 0 bridgehead atoms. The molecule has 1 N–H and O–H groups in total. The van der Waals surface area contributed by atoms with E-state index in [1.165, 1.54) is 4.90 Å². The standard InChI is InChI=1S/C30H31ClN2O4/c1-5-32(6-2)20-12-14-21(15-13-20)33-27(23-11-9-8-10-19(23)4)26(29(35)30(33)36)28(34)24-18-22(37-7-3)16-17-25(24)31/h8-18,27,34H,5-7H2,1-4H3/b28-26+. The molecule has 3 aromatic rings. The lowest BCUT2D eigenvalue weighted by atomic mass is 9.92. The van der Waals surface area contributed by atoms with Gasteiger partial charge in [0.15, 0.2) is 0 Å². The summed E-state index contributed by atoms with van der Waals surface area (Å²) < 4.78 is 5.57. The average molecular weight is 519 g/mol. The second kappa shape index (κ2) is 11.1. The van der Waals surface area contributed by atoms with Crippen molar-refractivity contribution in [3.63, 3.8) is 0 Å². The van der Waals surface area contributed by atoms with E-state index in [9.17, 15) is 14.7 Å². The number of aryl methyl sites for hydroxylation is 1. The Balaban J connectivity index is 1.91. The highest BCUT2D eigenvalue weighted by molar-refractivity contribution is 6.52. The number of halogens is 1. The van der Waals surface area contributed by atoms with E-state index in [0.29, 0.717) is 18.0 Å². The first-order chi connectivity index (χ1) is 17.8. The summed E-state index contributed by atoms with van der Waals surface area (Å²) in [6, 6.07) is 19.2. The molecule has 7 heteroatoms. The van der Waals surface area contributed by atoms with Crippen molar-refractivity contribution in [3.05, 3.63) is 94.0 Å². The van der Waals surface area contributed by atoms with Gasteiger partial charge in [-0.05, 0) is 81.3 Å². The third-order valence-corrected chi connectivity index (χ3v) is 7.02. The molecule has 0 spiro atoms. The zero-order valence-corrected chi connectivity index (χ0v) is 22.2. The highest BCUT2D eigenvalue weighted by Crippen LogP contribution is 2.44. The van der Waals surface area contributed by atoms with Crippen molar-refractivity contribution in [1.29, 1.82) is 0 Å². The summed E-state index contributed by atoms with van der Waals surface area (Å²) in [5.74, 6) is -1.30. The SMILES string of the molecule is CCOc1ccc(Cl)c(/C(O)=C2\C(=O)C(=O)N(c3ccc(N(CC)CC)cc3)C2c2ccccc2C)c1. The summed E-state index contributed by atoms with van der Waals surface area (Å²) in [6.07, 6.45) is 0. The third kappa shape index (κ3) is 4.94. The lowest BCUT2D eigenvalue weighted by molar-refractivity contribution is -0.132. The molecule has 1 saturated heterocycles. The van der Waals surface area contributed by atoms with Crippen molar-refractivity contribution in [2.75, 3.05) is 29.5 Å². The van der Waals surface area contributed by atoms with Crippen LogP contribution >= 0.6 is 11.6 Å². The lowest BCUT2D eigenvalue weighted by Gasteiger charge is -2.28. The Kier molecular flexibility index (Phi) is 7.89. The van der Waals surface area contributed by atoms with Crippen LogP contribution in [0.3, 0.4) is 0 Å². The smallest absolute Gasteiger partial charge is 0.300 e. The number of rotatable bonds is 8. The predicted octanol–water partition coefficient (Wildman–Crippen LogP) is 6.52. The molecule has 6 nitrogen and oxygen atoms in total. The second-order valence-corrected chi connectivity index (χ2v) is 9.20. The molecule has 0 saturated carbocycles. The van der Waals surface area contributed by atoms with Gasteiger partial charge < -0.3 is 14.7 Å². The van der Waals surface area contributed by atoms with E-state index in [4.69, 9.17) is 16.3 Å². The van der Waals surface area contributed by atoms with Crippen molar-refractivity contribution in [2.24, 2.45) is 0 Å². The Labute approximate surface area is 222 Å². The number of hydrogen-bond donors (Lipinski definition) is 1. The predicted molar refractivity (Wildman–Crippen MR) is 149 cm³/mol. The van der Waals surface area contributed by atoms with Crippen molar-refractivity contribution in [3.8, 4) is 5.75 Å². The van der Waals surface area contributed by atoms with Crippen LogP contribution in [0.2, 0.25) is 5.02 Å². The maximum atomic E-state index is 13.5. The number of benzene rings is 3. The molecule has 37 heavy (non-hydrogen) atoms. The van der Waals surface area contributed by atoms with E-state index < -0.39 is 17.7 Å². The van der Waals surface area contributed by atoms with Crippen LogP contribution < -0.4 is 14.5 Å². The van der Waals surface area contributed by atoms with Gasteiger partial charge in [-0.1, -0.05) is 35.9 Å². The number of anilines is 2. The fourth-order valence-corrected chi connectivity index (χ4v) is 4.99. The summed E-state index contributed by atoms with van der Waals surface area (Å²) in [6.45, 7) is 10.1. The minimum Gasteiger partial charge on any atom is -0.507 e. The van der Waals surface area contributed by atoms with Crippen LogP contribution in [0.4, 0.5) is 11.4 Å². The number of carbonyl (C=O) groups excluding carboxylic acids is 2. The minimum atomic E-state index is -0.827. The van der Waals surface area contributed by atoms with Gasteiger partial charge in [0.2, 0.25) is 0 Å². The number of hydrogen-bond acceptors (Lipinski definition) is 5. The maximum Gasteiger partial charge on any atom is 0.300 e. The molecule has 1 aliphatic heterocycles. The van der Waals surface area contributed by atoms with Crippen molar-refractivity contribution < 1.29 is 19.4 Å². The maximum absolute atomic E-state index is 13.5. The van der Waals surface area contributed by atoms with E-state index in [0.717, 1.165) is 29.9 Å². The number of carbonyl (C=O) groups is 2. The summed E-state index contributed by atoms with van der Waals surface area (Å²) in [5, 5.41) is 11.7. The van der Waals surface area contributed by atoms with Crippen molar-refractivity contribution in [2.45, 2.75) is 33.7 Å². The highest BCUT2D eigenvalue weighted by atomic mass is 35.5. The minimum absolute atomic E-state index is 0.0114. The monoisotopic (exact) mass is 518 g/mol. The second-order valence-electron chi connectivity index (χ2n) is 8.79. The average Bonchev–Trinajstić information content (AvgIpc) is 3.16. The first-order valence-electron chi connectivity index (χ1n) is 12.5. The lowest BCUT2D eigenvalue weighted by Crippen LogP contribution is -2.30. The van der Waals surface area contributed by atoms with Gasteiger partial charge in [0, 0.05) is 30.0 Å². The molecule has 1 unspecified atom stereocenters. The molecule has 0 radical (unpaired) electrons. The fraction of sp³-hybridized carbons (Fsp3) is 0.267. The van der Waals surface area contributed by atoms with Crippen molar-refractivity contribution in [1.82, 2.24) is 0 Å². The van der Waals surface area contributed by atoms with E-state index in [1.54, 1.807) is 18.2 Å². The van der Waals surface area contributed by atoms with Gasteiger partial charge in [-0.15, -0.1) is 0 Å². The van der Waals surface area contributed by atoms with Gasteiger partial charge in [0.1, 0.15) is 11.5 Å².